The number of carbonyl (C=O) groups excluding carboxylic acids is 1. The van der Waals surface area contributed by atoms with Gasteiger partial charge in [-0.1, -0.05) is 23.7 Å². The van der Waals surface area contributed by atoms with Crippen molar-refractivity contribution in [1.29, 1.82) is 0 Å². The number of amides is 1. The molecule has 0 aliphatic heterocycles. The Balaban J connectivity index is 1.56. The molecule has 1 heterocycles. The number of halogens is 1. The van der Waals surface area contributed by atoms with E-state index in [1.54, 1.807) is 22.8 Å². The van der Waals surface area contributed by atoms with Crippen LogP contribution < -0.4 is 5.32 Å². The first-order chi connectivity index (χ1) is 18.0. The minimum absolute atomic E-state index is 0.0501. The summed E-state index contributed by atoms with van der Waals surface area (Å²) in [6.07, 6.45) is -1.48. The van der Waals surface area contributed by atoms with E-state index in [0.29, 0.717) is 30.5 Å². The molecule has 0 aliphatic rings. The van der Waals surface area contributed by atoms with Gasteiger partial charge in [-0.2, -0.15) is 0 Å². The standard InChI is InChI=1S/C27H35ClN2O7S/c1-5-35-10-11-36-12-13-37-26(31)17-38(33,34)21-8-6-20(7-9-21)19(3)29-27(32)25-16-22-23(28)14-18(2)15-24(22)30(25)4/h6-9,14-16,19,26,31H,5,10-13,17H2,1-4H3,(H,29,32)/t19-,26?/m1/s1. The van der Waals surface area contributed by atoms with Crippen molar-refractivity contribution in [2.75, 3.05) is 38.8 Å². The molecule has 2 aromatic carbocycles. The fraction of sp³-hybridized carbons (Fsp3) is 0.444. The summed E-state index contributed by atoms with van der Waals surface area (Å²) in [6.45, 7) is 7.38. The third kappa shape index (κ3) is 7.78. The molecule has 1 amide bonds. The summed E-state index contributed by atoms with van der Waals surface area (Å²) in [5, 5.41) is 14.3. The van der Waals surface area contributed by atoms with Gasteiger partial charge in [-0.05, 0) is 62.2 Å². The smallest absolute Gasteiger partial charge is 0.268 e. The van der Waals surface area contributed by atoms with Crippen LogP contribution in [0.4, 0.5) is 0 Å². The van der Waals surface area contributed by atoms with E-state index in [1.807, 2.05) is 40.0 Å². The van der Waals surface area contributed by atoms with Crippen molar-refractivity contribution in [2.24, 2.45) is 7.05 Å². The van der Waals surface area contributed by atoms with E-state index in [0.717, 1.165) is 22.0 Å². The fourth-order valence-corrected chi connectivity index (χ4v) is 5.53. The monoisotopic (exact) mass is 566 g/mol. The Kier molecular flexibility index (Phi) is 10.7. The zero-order chi connectivity index (χ0) is 27.9. The molecule has 0 radical (unpaired) electrons. The number of hydrogen-bond donors (Lipinski definition) is 2. The minimum atomic E-state index is -3.79. The highest BCUT2D eigenvalue weighted by molar-refractivity contribution is 7.91. The van der Waals surface area contributed by atoms with Gasteiger partial charge in [0.1, 0.15) is 11.4 Å². The van der Waals surface area contributed by atoms with E-state index < -0.39 is 21.9 Å². The molecule has 11 heteroatoms. The Morgan fingerprint density at radius 2 is 1.74 bits per heavy atom. The number of aliphatic hydroxyl groups is 1. The molecule has 0 fully saturated rings. The number of aryl methyl sites for hydroxylation is 2. The first-order valence-corrected chi connectivity index (χ1v) is 14.4. The highest BCUT2D eigenvalue weighted by atomic mass is 35.5. The number of sulfone groups is 1. The molecule has 0 saturated carbocycles. The summed E-state index contributed by atoms with van der Waals surface area (Å²) in [4.78, 5) is 13.1. The summed E-state index contributed by atoms with van der Waals surface area (Å²) in [7, 11) is -1.98. The molecule has 38 heavy (non-hydrogen) atoms. The van der Waals surface area contributed by atoms with Gasteiger partial charge in [0, 0.05) is 19.0 Å². The predicted molar refractivity (Wildman–Crippen MR) is 146 cm³/mol. The van der Waals surface area contributed by atoms with Crippen LogP contribution in [0.15, 0.2) is 47.4 Å². The van der Waals surface area contributed by atoms with Gasteiger partial charge in [-0.25, -0.2) is 8.42 Å². The molecule has 3 rings (SSSR count). The topological polar surface area (TPSA) is 116 Å². The van der Waals surface area contributed by atoms with Crippen molar-refractivity contribution in [3.63, 3.8) is 0 Å². The second kappa shape index (κ2) is 13.5. The average Bonchev–Trinajstić information content (AvgIpc) is 3.20. The van der Waals surface area contributed by atoms with Crippen LogP contribution in [-0.4, -0.2) is 69.1 Å². The lowest BCUT2D eigenvalue weighted by molar-refractivity contribution is -0.0990. The Labute approximate surface area is 228 Å². The first-order valence-electron chi connectivity index (χ1n) is 12.4. The van der Waals surface area contributed by atoms with E-state index in [-0.39, 0.29) is 30.1 Å². The van der Waals surface area contributed by atoms with Crippen molar-refractivity contribution in [3.8, 4) is 0 Å². The highest BCUT2D eigenvalue weighted by Gasteiger charge is 2.22. The molecule has 2 atom stereocenters. The summed E-state index contributed by atoms with van der Waals surface area (Å²) in [5.41, 5.74) is 3.06. The van der Waals surface area contributed by atoms with Gasteiger partial charge in [0.2, 0.25) is 0 Å². The molecule has 0 saturated heterocycles. The maximum absolute atomic E-state index is 13.0. The van der Waals surface area contributed by atoms with Crippen molar-refractivity contribution in [2.45, 2.75) is 38.0 Å². The zero-order valence-corrected chi connectivity index (χ0v) is 23.6. The number of carbonyl (C=O) groups is 1. The largest absolute Gasteiger partial charge is 0.379 e. The van der Waals surface area contributed by atoms with Gasteiger partial charge in [0.25, 0.3) is 5.91 Å². The van der Waals surface area contributed by atoms with Crippen LogP contribution in [0, 0.1) is 6.92 Å². The molecular weight excluding hydrogens is 532 g/mol. The number of aliphatic hydroxyl groups excluding tert-OH is 1. The second-order valence-corrected chi connectivity index (χ2v) is 11.4. The lowest BCUT2D eigenvalue weighted by Crippen LogP contribution is -2.28. The molecule has 3 aromatic rings. The average molecular weight is 567 g/mol. The van der Waals surface area contributed by atoms with E-state index in [2.05, 4.69) is 5.32 Å². The van der Waals surface area contributed by atoms with E-state index in [4.69, 9.17) is 25.8 Å². The van der Waals surface area contributed by atoms with Gasteiger partial charge >= 0.3 is 0 Å². The number of hydrogen-bond acceptors (Lipinski definition) is 7. The van der Waals surface area contributed by atoms with E-state index >= 15 is 0 Å². The van der Waals surface area contributed by atoms with Crippen LogP contribution in [0.5, 0.6) is 0 Å². The van der Waals surface area contributed by atoms with Crippen LogP contribution in [0.3, 0.4) is 0 Å². The Morgan fingerprint density at radius 3 is 2.42 bits per heavy atom. The summed E-state index contributed by atoms with van der Waals surface area (Å²) in [5.74, 6) is -0.857. The molecule has 0 bridgehead atoms. The van der Waals surface area contributed by atoms with E-state index in [1.165, 1.54) is 12.1 Å². The summed E-state index contributed by atoms with van der Waals surface area (Å²) in [6, 6.07) is 11.4. The first kappa shape index (κ1) is 30.1. The molecular formula is C27H35ClN2O7S. The van der Waals surface area contributed by atoms with Gasteiger partial charge in [-0.15, -0.1) is 0 Å². The van der Waals surface area contributed by atoms with Crippen LogP contribution in [0.2, 0.25) is 5.02 Å². The normalized spacial score (nSPS) is 13.5. The lowest BCUT2D eigenvalue weighted by Gasteiger charge is -2.16. The van der Waals surface area contributed by atoms with Crippen LogP contribution in [-0.2, 0) is 31.1 Å². The SMILES string of the molecule is CCOCCOCCOC(O)CS(=O)(=O)c1ccc([C@@H](C)NC(=O)c2cc3c(Cl)cc(C)cc3n2C)cc1. The Morgan fingerprint density at radius 1 is 1.08 bits per heavy atom. The van der Waals surface area contributed by atoms with Crippen molar-refractivity contribution in [3.05, 3.63) is 64.3 Å². The summed E-state index contributed by atoms with van der Waals surface area (Å²) >= 11 is 6.36. The van der Waals surface area contributed by atoms with Gasteiger partial charge in [0.15, 0.2) is 16.1 Å². The molecule has 2 N–H and O–H groups in total. The van der Waals surface area contributed by atoms with Crippen molar-refractivity contribution < 1.29 is 32.5 Å². The second-order valence-electron chi connectivity index (χ2n) is 8.95. The molecule has 9 nitrogen and oxygen atoms in total. The van der Waals surface area contributed by atoms with Gasteiger partial charge in [-0.3, -0.25) is 4.79 Å². The highest BCUT2D eigenvalue weighted by Crippen LogP contribution is 2.28. The van der Waals surface area contributed by atoms with Crippen LogP contribution >= 0.6 is 11.6 Å². The zero-order valence-electron chi connectivity index (χ0n) is 22.1. The summed E-state index contributed by atoms with van der Waals surface area (Å²) < 4.78 is 42.8. The third-order valence-electron chi connectivity index (χ3n) is 6.05. The Hall–Kier alpha value is -2.47. The van der Waals surface area contributed by atoms with Crippen LogP contribution in [0.1, 0.15) is 41.5 Å². The maximum atomic E-state index is 13.0. The van der Waals surface area contributed by atoms with E-state index in [9.17, 15) is 18.3 Å². The molecule has 0 aliphatic carbocycles. The minimum Gasteiger partial charge on any atom is -0.379 e. The lowest BCUT2D eigenvalue weighted by atomic mass is 10.1. The maximum Gasteiger partial charge on any atom is 0.268 e. The Bertz CT molecular complexity index is 1340. The predicted octanol–water partition coefficient (Wildman–Crippen LogP) is 3.79. The van der Waals surface area contributed by atoms with Gasteiger partial charge in [0.05, 0.1) is 47.9 Å². The number of nitrogens with one attached hydrogen (secondary N) is 1. The quantitative estimate of drug-likeness (QED) is 0.225. The van der Waals surface area contributed by atoms with Gasteiger partial charge < -0.3 is 29.2 Å². The number of ether oxygens (including phenoxy) is 3. The number of fused-ring (bicyclic) bond motifs is 1. The third-order valence-corrected chi connectivity index (χ3v) is 8.08. The molecule has 1 aromatic heterocycles. The van der Waals surface area contributed by atoms with Crippen LogP contribution in [0.25, 0.3) is 10.9 Å². The number of nitrogens with zero attached hydrogens (tertiary/aromatic N) is 1. The number of aromatic nitrogens is 1. The number of benzene rings is 2. The molecule has 0 spiro atoms. The van der Waals surface area contributed by atoms with Crippen molar-refractivity contribution >= 4 is 38.2 Å². The number of rotatable bonds is 14. The molecule has 1 unspecified atom stereocenters. The van der Waals surface area contributed by atoms with Crippen molar-refractivity contribution in [1.82, 2.24) is 9.88 Å². The molecule has 208 valence electrons. The fourth-order valence-electron chi connectivity index (χ4n) is 3.99.